The molecule has 9 heteroatoms. The molecule has 1 aliphatic heterocycles. The van der Waals surface area contributed by atoms with Crippen molar-refractivity contribution in [3.63, 3.8) is 0 Å². The lowest BCUT2D eigenvalue weighted by Gasteiger charge is -2.16. The number of nitrogens with zero attached hydrogens (tertiary/aromatic N) is 3. The van der Waals surface area contributed by atoms with Crippen LogP contribution in [-0.2, 0) is 10.0 Å². The molecule has 0 radical (unpaired) electrons. The van der Waals surface area contributed by atoms with E-state index in [2.05, 4.69) is 9.88 Å². The minimum atomic E-state index is -3.93. The van der Waals surface area contributed by atoms with Crippen molar-refractivity contribution >= 4 is 43.4 Å². The molecule has 5 rings (SSSR count). The van der Waals surface area contributed by atoms with Crippen LogP contribution in [0.1, 0.15) is 24.8 Å². The van der Waals surface area contributed by atoms with Gasteiger partial charge in [-0.15, -0.1) is 0 Å². The van der Waals surface area contributed by atoms with E-state index in [0.29, 0.717) is 39.9 Å². The number of halogens is 1. The maximum Gasteiger partial charge on any atom is 0.268 e. The van der Waals surface area contributed by atoms with E-state index in [0.717, 1.165) is 31.6 Å². The maximum absolute atomic E-state index is 13.8. The summed E-state index contributed by atoms with van der Waals surface area (Å²) in [6.07, 6.45) is 4.89. The minimum Gasteiger partial charge on any atom is -0.493 e. The van der Waals surface area contributed by atoms with Gasteiger partial charge in [-0.1, -0.05) is 29.3 Å². The van der Waals surface area contributed by atoms with Crippen LogP contribution in [0.2, 0.25) is 5.15 Å². The SMILES string of the molecule is COc1cc2c3c(Cl)nccc3n(S(=O)(=O)c3ccc(C)cc3)c2cc1OCCCN1CCCC1. The Labute approximate surface area is 210 Å². The lowest BCUT2D eigenvalue weighted by Crippen LogP contribution is -2.22. The summed E-state index contributed by atoms with van der Waals surface area (Å²) < 4.78 is 40.7. The van der Waals surface area contributed by atoms with E-state index in [9.17, 15) is 8.42 Å². The van der Waals surface area contributed by atoms with Gasteiger partial charge in [-0.2, -0.15) is 0 Å². The number of hydrogen-bond donors (Lipinski definition) is 0. The van der Waals surface area contributed by atoms with Crippen molar-refractivity contribution in [2.75, 3.05) is 33.4 Å². The number of likely N-dealkylation sites (tertiary alicyclic amines) is 1. The van der Waals surface area contributed by atoms with Gasteiger partial charge in [-0.25, -0.2) is 17.4 Å². The van der Waals surface area contributed by atoms with E-state index in [4.69, 9.17) is 21.1 Å². The molecule has 0 saturated carbocycles. The summed E-state index contributed by atoms with van der Waals surface area (Å²) in [6.45, 7) is 5.68. The zero-order valence-corrected chi connectivity index (χ0v) is 21.4. The van der Waals surface area contributed by atoms with Crippen molar-refractivity contribution in [2.24, 2.45) is 0 Å². The Hall–Kier alpha value is -2.81. The maximum atomic E-state index is 13.8. The van der Waals surface area contributed by atoms with Gasteiger partial charge in [-0.05, 0) is 63.5 Å². The normalized spacial score (nSPS) is 14.7. The van der Waals surface area contributed by atoms with Crippen LogP contribution in [0.4, 0.5) is 0 Å². The highest BCUT2D eigenvalue weighted by molar-refractivity contribution is 7.90. The molecule has 0 N–H and O–H groups in total. The van der Waals surface area contributed by atoms with Crippen molar-refractivity contribution in [1.82, 2.24) is 13.9 Å². The van der Waals surface area contributed by atoms with E-state index in [-0.39, 0.29) is 10.0 Å². The number of aromatic nitrogens is 2. The summed E-state index contributed by atoms with van der Waals surface area (Å²) in [4.78, 5) is 6.82. The molecule has 2 aromatic heterocycles. The van der Waals surface area contributed by atoms with Crippen molar-refractivity contribution in [2.45, 2.75) is 31.1 Å². The molecule has 1 aliphatic rings. The Balaban J connectivity index is 1.61. The van der Waals surface area contributed by atoms with Crippen molar-refractivity contribution in [3.8, 4) is 11.5 Å². The van der Waals surface area contributed by atoms with Crippen LogP contribution in [0.15, 0.2) is 53.6 Å². The second-order valence-corrected chi connectivity index (χ2v) is 11.0. The predicted molar refractivity (Wildman–Crippen MR) is 138 cm³/mol. The van der Waals surface area contributed by atoms with E-state index in [1.165, 1.54) is 23.0 Å². The Morgan fingerprint density at radius 1 is 1.03 bits per heavy atom. The Morgan fingerprint density at radius 2 is 1.77 bits per heavy atom. The second kappa shape index (κ2) is 9.68. The van der Waals surface area contributed by atoms with Crippen molar-refractivity contribution < 1.29 is 17.9 Å². The zero-order chi connectivity index (χ0) is 24.6. The smallest absolute Gasteiger partial charge is 0.268 e. The summed E-state index contributed by atoms with van der Waals surface area (Å²) in [5, 5.41) is 1.42. The summed E-state index contributed by atoms with van der Waals surface area (Å²) >= 11 is 6.47. The fourth-order valence-corrected chi connectivity index (χ4v) is 6.48. The number of aryl methyl sites for hydroxylation is 1. The zero-order valence-electron chi connectivity index (χ0n) is 19.8. The Morgan fingerprint density at radius 3 is 2.49 bits per heavy atom. The number of methoxy groups -OCH3 is 1. The first-order chi connectivity index (χ1) is 16.9. The third kappa shape index (κ3) is 4.46. The molecule has 0 atom stereocenters. The lowest BCUT2D eigenvalue weighted by atomic mass is 10.2. The molecule has 35 heavy (non-hydrogen) atoms. The van der Waals surface area contributed by atoms with Crippen LogP contribution in [0, 0.1) is 6.92 Å². The molecule has 0 spiro atoms. The largest absolute Gasteiger partial charge is 0.493 e. The number of benzene rings is 2. The highest BCUT2D eigenvalue weighted by Gasteiger charge is 2.26. The fourth-order valence-electron chi connectivity index (χ4n) is 4.72. The van der Waals surface area contributed by atoms with Crippen LogP contribution in [0.3, 0.4) is 0 Å². The third-order valence-electron chi connectivity index (χ3n) is 6.51. The Kier molecular flexibility index (Phi) is 6.61. The lowest BCUT2D eigenvalue weighted by molar-refractivity contribution is 0.254. The Bertz CT molecular complexity index is 1480. The van der Waals surface area contributed by atoms with Crippen molar-refractivity contribution in [1.29, 1.82) is 0 Å². The standard InChI is InChI=1S/C26H28ClN3O4S/c1-18-6-8-19(9-7-18)35(31,32)30-21-10-11-28-26(27)25(21)20-16-23(33-2)24(17-22(20)30)34-15-5-14-29-12-3-4-13-29/h6-11,16-17H,3-5,12-15H2,1-2H3. The molecular weight excluding hydrogens is 486 g/mol. The molecule has 2 aromatic carbocycles. The van der Waals surface area contributed by atoms with Gasteiger partial charge in [0.1, 0.15) is 5.15 Å². The molecule has 0 unspecified atom stereocenters. The summed E-state index contributed by atoms with van der Waals surface area (Å²) in [5.74, 6) is 1.01. The average Bonchev–Trinajstić information content (AvgIpc) is 3.48. The van der Waals surface area contributed by atoms with Gasteiger partial charge >= 0.3 is 0 Å². The van der Waals surface area contributed by atoms with Gasteiger partial charge in [0, 0.05) is 29.6 Å². The number of fused-ring (bicyclic) bond motifs is 3. The van der Waals surface area contributed by atoms with Gasteiger partial charge in [-0.3, -0.25) is 0 Å². The summed E-state index contributed by atoms with van der Waals surface area (Å²) in [5.41, 5.74) is 1.90. The van der Waals surface area contributed by atoms with E-state index < -0.39 is 10.0 Å². The monoisotopic (exact) mass is 513 g/mol. The third-order valence-corrected chi connectivity index (χ3v) is 8.53. The van der Waals surface area contributed by atoms with Gasteiger partial charge < -0.3 is 14.4 Å². The summed E-state index contributed by atoms with van der Waals surface area (Å²) in [7, 11) is -2.36. The molecule has 3 heterocycles. The molecule has 0 aliphatic carbocycles. The number of rotatable bonds is 8. The van der Waals surface area contributed by atoms with Crippen LogP contribution in [0.25, 0.3) is 21.8 Å². The first kappa shape index (κ1) is 23.9. The molecule has 0 bridgehead atoms. The molecule has 0 amide bonds. The minimum absolute atomic E-state index is 0.193. The van der Waals surface area contributed by atoms with E-state index in [1.807, 2.05) is 6.92 Å². The first-order valence-electron chi connectivity index (χ1n) is 11.7. The predicted octanol–water partition coefficient (Wildman–Crippen LogP) is 5.26. The molecule has 1 saturated heterocycles. The summed E-state index contributed by atoms with van der Waals surface area (Å²) in [6, 6.07) is 12.0. The number of pyridine rings is 1. The van der Waals surface area contributed by atoms with Gasteiger partial charge in [0.2, 0.25) is 0 Å². The number of ether oxygens (including phenoxy) is 2. The quantitative estimate of drug-likeness (QED) is 0.236. The molecule has 4 aromatic rings. The van der Waals surface area contributed by atoms with Crippen LogP contribution >= 0.6 is 11.6 Å². The van der Waals surface area contributed by atoms with Gasteiger partial charge in [0.25, 0.3) is 10.0 Å². The van der Waals surface area contributed by atoms with Crippen LogP contribution in [0.5, 0.6) is 11.5 Å². The topological polar surface area (TPSA) is 73.7 Å². The van der Waals surface area contributed by atoms with Gasteiger partial charge in [0.05, 0.1) is 29.6 Å². The molecule has 7 nitrogen and oxygen atoms in total. The second-order valence-electron chi connectivity index (χ2n) is 8.85. The van der Waals surface area contributed by atoms with Crippen LogP contribution < -0.4 is 9.47 Å². The van der Waals surface area contributed by atoms with Crippen molar-refractivity contribution in [3.05, 3.63) is 59.4 Å². The average molecular weight is 514 g/mol. The number of hydrogen-bond acceptors (Lipinski definition) is 6. The van der Waals surface area contributed by atoms with Crippen LogP contribution in [-0.4, -0.2) is 55.6 Å². The van der Waals surface area contributed by atoms with Gasteiger partial charge in [0.15, 0.2) is 11.5 Å². The molecule has 1 fully saturated rings. The highest BCUT2D eigenvalue weighted by atomic mass is 35.5. The first-order valence-corrected chi connectivity index (χ1v) is 13.6. The van der Waals surface area contributed by atoms with E-state index in [1.54, 1.807) is 49.6 Å². The molecular formula is C26H28ClN3O4S. The highest BCUT2D eigenvalue weighted by Crippen LogP contribution is 2.41. The fraction of sp³-hybridized carbons (Fsp3) is 0.346. The van der Waals surface area contributed by atoms with E-state index >= 15 is 0 Å². The molecule has 184 valence electrons.